The van der Waals surface area contributed by atoms with E-state index < -0.39 is 0 Å². The van der Waals surface area contributed by atoms with E-state index in [4.69, 9.17) is 10.7 Å². The predicted octanol–water partition coefficient (Wildman–Crippen LogP) is 3.60. The minimum absolute atomic E-state index is 0.00193. The van der Waals surface area contributed by atoms with Crippen LogP contribution in [0.1, 0.15) is 48.8 Å². The molecule has 1 atom stereocenters. The van der Waals surface area contributed by atoms with Crippen LogP contribution in [0.5, 0.6) is 0 Å². The molecule has 2 N–H and O–H groups in total. The molecule has 3 aromatic rings. The highest BCUT2D eigenvalue weighted by atomic mass is 16.2. The molecule has 144 valence electrons. The molecular formula is C22H25N5O. The standard InChI is InChI=1S/C22H25N5O/c1-15-24-21(23)17-11-12-18(26-22(17)25-15)19-9-5-6-14-27(19)20(28)13-10-16-7-3-2-4-8-16/h2-4,7-8,11-12,19H,5-6,9-10,13-14H2,1H3,(H2,23,24,25,26)/t19-/m1/s1. The van der Waals surface area contributed by atoms with Crippen molar-refractivity contribution in [2.24, 2.45) is 0 Å². The van der Waals surface area contributed by atoms with Crippen LogP contribution in [0.15, 0.2) is 42.5 Å². The molecule has 6 nitrogen and oxygen atoms in total. The Kier molecular flexibility index (Phi) is 5.19. The summed E-state index contributed by atoms with van der Waals surface area (Å²) in [7, 11) is 0. The van der Waals surface area contributed by atoms with Gasteiger partial charge in [0.15, 0.2) is 5.65 Å². The van der Waals surface area contributed by atoms with Crippen LogP contribution in [0.2, 0.25) is 0 Å². The maximum atomic E-state index is 13.0. The van der Waals surface area contributed by atoms with Gasteiger partial charge in [0.1, 0.15) is 11.6 Å². The van der Waals surface area contributed by atoms with Crippen molar-refractivity contribution in [1.82, 2.24) is 19.9 Å². The average molecular weight is 375 g/mol. The minimum Gasteiger partial charge on any atom is -0.383 e. The second-order valence-corrected chi connectivity index (χ2v) is 7.35. The Morgan fingerprint density at radius 2 is 1.93 bits per heavy atom. The number of benzene rings is 1. The summed E-state index contributed by atoms with van der Waals surface area (Å²) < 4.78 is 0. The molecular weight excluding hydrogens is 350 g/mol. The molecule has 0 bridgehead atoms. The Morgan fingerprint density at radius 3 is 2.75 bits per heavy atom. The SMILES string of the molecule is Cc1nc(N)c2ccc([C@H]3CCCCN3C(=O)CCc3ccccc3)nc2n1. The highest BCUT2D eigenvalue weighted by Gasteiger charge is 2.29. The number of fused-ring (bicyclic) bond motifs is 1. The number of aromatic nitrogens is 3. The van der Waals surface area contributed by atoms with Crippen molar-refractivity contribution in [2.45, 2.75) is 45.1 Å². The number of hydrogen-bond acceptors (Lipinski definition) is 5. The summed E-state index contributed by atoms with van der Waals surface area (Å²) >= 11 is 0. The zero-order valence-electron chi connectivity index (χ0n) is 16.1. The number of nitrogens with zero attached hydrogens (tertiary/aromatic N) is 4. The summed E-state index contributed by atoms with van der Waals surface area (Å²) in [5, 5.41) is 0.757. The van der Waals surface area contributed by atoms with Crippen molar-refractivity contribution in [3.63, 3.8) is 0 Å². The molecule has 0 unspecified atom stereocenters. The van der Waals surface area contributed by atoms with Crippen molar-refractivity contribution in [2.75, 3.05) is 12.3 Å². The van der Waals surface area contributed by atoms with Crippen LogP contribution < -0.4 is 5.73 Å². The normalized spacial score (nSPS) is 17.0. The zero-order chi connectivity index (χ0) is 19.5. The van der Waals surface area contributed by atoms with Gasteiger partial charge in [-0.1, -0.05) is 30.3 Å². The van der Waals surface area contributed by atoms with Gasteiger partial charge in [-0.3, -0.25) is 4.79 Å². The largest absolute Gasteiger partial charge is 0.383 e. The van der Waals surface area contributed by atoms with Gasteiger partial charge in [0.25, 0.3) is 0 Å². The monoisotopic (exact) mass is 375 g/mol. The number of amides is 1. The van der Waals surface area contributed by atoms with E-state index in [1.54, 1.807) is 0 Å². The van der Waals surface area contributed by atoms with E-state index >= 15 is 0 Å². The number of anilines is 1. The number of hydrogen-bond donors (Lipinski definition) is 1. The summed E-state index contributed by atoms with van der Waals surface area (Å²) in [6.07, 6.45) is 4.33. The first-order chi connectivity index (χ1) is 13.6. The van der Waals surface area contributed by atoms with E-state index in [2.05, 4.69) is 22.1 Å². The fourth-order valence-electron chi connectivity index (χ4n) is 3.92. The second-order valence-electron chi connectivity index (χ2n) is 7.35. The Bertz CT molecular complexity index is 989. The van der Waals surface area contributed by atoms with E-state index in [0.29, 0.717) is 23.7 Å². The molecule has 28 heavy (non-hydrogen) atoms. The first-order valence-corrected chi connectivity index (χ1v) is 9.86. The molecule has 1 saturated heterocycles. The number of aryl methyl sites for hydroxylation is 2. The van der Waals surface area contributed by atoms with Gasteiger partial charge < -0.3 is 10.6 Å². The summed E-state index contributed by atoms with van der Waals surface area (Å²) in [4.78, 5) is 28.4. The first kappa shape index (κ1) is 18.3. The van der Waals surface area contributed by atoms with Gasteiger partial charge in [0.2, 0.25) is 5.91 Å². The highest BCUT2D eigenvalue weighted by molar-refractivity contribution is 5.85. The number of rotatable bonds is 4. The predicted molar refractivity (Wildman–Crippen MR) is 110 cm³/mol. The lowest BCUT2D eigenvalue weighted by atomic mass is 9.97. The molecule has 3 heterocycles. The lowest BCUT2D eigenvalue weighted by Crippen LogP contribution is -2.39. The van der Waals surface area contributed by atoms with Crippen LogP contribution >= 0.6 is 0 Å². The Hall–Kier alpha value is -3.02. The molecule has 1 aliphatic heterocycles. The topological polar surface area (TPSA) is 85.0 Å². The number of nitrogen functional groups attached to an aromatic ring is 1. The van der Waals surface area contributed by atoms with E-state index in [9.17, 15) is 4.79 Å². The number of nitrogens with two attached hydrogens (primary N) is 1. The first-order valence-electron chi connectivity index (χ1n) is 9.86. The zero-order valence-corrected chi connectivity index (χ0v) is 16.1. The lowest BCUT2D eigenvalue weighted by molar-refractivity contribution is -0.135. The lowest BCUT2D eigenvalue weighted by Gasteiger charge is -2.35. The molecule has 0 spiro atoms. The maximum absolute atomic E-state index is 13.0. The third-order valence-corrected chi connectivity index (χ3v) is 5.36. The summed E-state index contributed by atoms with van der Waals surface area (Å²) in [6, 6.07) is 14.0. The summed E-state index contributed by atoms with van der Waals surface area (Å²) in [6.45, 7) is 2.59. The van der Waals surface area contributed by atoms with E-state index in [1.807, 2.05) is 42.2 Å². The number of likely N-dealkylation sites (tertiary alicyclic amines) is 1. The maximum Gasteiger partial charge on any atom is 0.223 e. The molecule has 4 rings (SSSR count). The fraction of sp³-hybridized carbons (Fsp3) is 0.364. The van der Waals surface area contributed by atoms with E-state index in [1.165, 1.54) is 5.56 Å². The smallest absolute Gasteiger partial charge is 0.223 e. The van der Waals surface area contributed by atoms with Crippen molar-refractivity contribution in [3.8, 4) is 0 Å². The highest BCUT2D eigenvalue weighted by Crippen LogP contribution is 2.31. The second kappa shape index (κ2) is 7.92. The van der Waals surface area contributed by atoms with Gasteiger partial charge in [-0.15, -0.1) is 0 Å². The Labute approximate surface area is 164 Å². The number of carbonyl (C=O) groups excluding carboxylic acids is 1. The third kappa shape index (κ3) is 3.81. The van der Waals surface area contributed by atoms with Crippen LogP contribution in [0, 0.1) is 6.92 Å². The number of pyridine rings is 1. The Balaban J connectivity index is 1.56. The molecule has 0 saturated carbocycles. The van der Waals surface area contributed by atoms with Gasteiger partial charge >= 0.3 is 0 Å². The van der Waals surface area contributed by atoms with Crippen molar-refractivity contribution in [1.29, 1.82) is 0 Å². The molecule has 1 aromatic carbocycles. The average Bonchev–Trinajstić information content (AvgIpc) is 2.72. The molecule has 2 aromatic heterocycles. The van der Waals surface area contributed by atoms with Crippen LogP contribution in [0.25, 0.3) is 11.0 Å². The molecule has 0 aliphatic carbocycles. The van der Waals surface area contributed by atoms with Crippen LogP contribution in [0.3, 0.4) is 0 Å². The Morgan fingerprint density at radius 1 is 1.11 bits per heavy atom. The van der Waals surface area contributed by atoms with Gasteiger partial charge in [0, 0.05) is 13.0 Å². The number of piperidine rings is 1. The van der Waals surface area contributed by atoms with Gasteiger partial charge in [-0.25, -0.2) is 15.0 Å². The minimum atomic E-state index is -0.00193. The van der Waals surface area contributed by atoms with Crippen molar-refractivity contribution in [3.05, 3.63) is 59.5 Å². The van der Waals surface area contributed by atoms with Gasteiger partial charge in [-0.2, -0.15) is 0 Å². The van der Waals surface area contributed by atoms with Crippen LogP contribution in [-0.4, -0.2) is 32.3 Å². The van der Waals surface area contributed by atoms with Gasteiger partial charge in [-0.05, 0) is 50.3 Å². The number of carbonyl (C=O) groups is 1. The van der Waals surface area contributed by atoms with Crippen LogP contribution in [0.4, 0.5) is 5.82 Å². The quantitative estimate of drug-likeness (QED) is 0.753. The molecule has 1 aliphatic rings. The summed E-state index contributed by atoms with van der Waals surface area (Å²) in [5.74, 6) is 1.24. The third-order valence-electron chi connectivity index (χ3n) is 5.36. The van der Waals surface area contributed by atoms with Crippen molar-refractivity contribution >= 4 is 22.8 Å². The van der Waals surface area contributed by atoms with E-state index in [-0.39, 0.29) is 11.9 Å². The van der Waals surface area contributed by atoms with Crippen molar-refractivity contribution < 1.29 is 4.79 Å². The fourth-order valence-corrected chi connectivity index (χ4v) is 3.92. The molecule has 1 fully saturated rings. The van der Waals surface area contributed by atoms with Gasteiger partial charge in [0.05, 0.1) is 17.1 Å². The molecule has 0 radical (unpaired) electrons. The summed E-state index contributed by atoms with van der Waals surface area (Å²) in [5.41, 5.74) is 8.68. The van der Waals surface area contributed by atoms with E-state index in [0.717, 1.165) is 43.3 Å². The van der Waals surface area contributed by atoms with Crippen LogP contribution in [-0.2, 0) is 11.2 Å². The molecule has 6 heteroatoms. The molecule has 1 amide bonds.